The SMILES string of the molecule is COc1cc(C=Nc2ccc(N3CCOCC3)cc2)cc(I)c1OCc1ccc(C(=O)O)cc1. The van der Waals surface area contributed by atoms with Crippen LogP contribution in [0.3, 0.4) is 0 Å². The van der Waals surface area contributed by atoms with Crippen molar-refractivity contribution in [2.24, 2.45) is 4.99 Å². The van der Waals surface area contributed by atoms with Gasteiger partial charge >= 0.3 is 5.97 Å². The van der Waals surface area contributed by atoms with Crippen molar-refractivity contribution in [3.63, 3.8) is 0 Å². The van der Waals surface area contributed by atoms with Crippen LogP contribution >= 0.6 is 22.6 Å². The molecule has 0 spiro atoms. The molecule has 0 atom stereocenters. The molecule has 0 unspecified atom stereocenters. The van der Waals surface area contributed by atoms with Crippen molar-refractivity contribution in [1.82, 2.24) is 0 Å². The summed E-state index contributed by atoms with van der Waals surface area (Å²) in [5.41, 5.74) is 4.06. The highest BCUT2D eigenvalue weighted by atomic mass is 127. The van der Waals surface area contributed by atoms with Gasteiger partial charge < -0.3 is 24.2 Å². The topological polar surface area (TPSA) is 80.6 Å². The van der Waals surface area contributed by atoms with E-state index in [2.05, 4.69) is 44.6 Å². The maximum Gasteiger partial charge on any atom is 0.335 e. The normalized spacial score (nSPS) is 13.8. The average molecular weight is 572 g/mol. The maximum absolute atomic E-state index is 11.0. The fraction of sp³-hybridized carbons (Fsp3) is 0.231. The van der Waals surface area contributed by atoms with E-state index in [9.17, 15) is 4.79 Å². The van der Waals surface area contributed by atoms with Crippen LogP contribution in [-0.2, 0) is 11.3 Å². The Kier molecular flexibility index (Phi) is 8.02. The van der Waals surface area contributed by atoms with Gasteiger partial charge in [-0.15, -0.1) is 0 Å². The number of rotatable bonds is 8. The van der Waals surface area contributed by atoms with E-state index in [-0.39, 0.29) is 5.56 Å². The number of carboxylic acid groups (broad SMARTS) is 1. The number of nitrogens with zero attached hydrogens (tertiary/aromatic N) is 2. The van der Waals surface area contributed by atoms with Crippen LogP contribution in [0.4, 0.5) is 11.4 Å². The summed E-state index contributed by atoms with van der Waals surface area (Å²) in [6.45, 7) is 3.63. The van der Waals surface area contributed by atoms with Crippen molar-refractivity contribution in [3.8, 4) is 11.5 Å². The fourth-order valence-electron chi connectivity index (χ4n) is 3.57. The molecule has 3 aromatic carbocycles. The largest absolute Gasteiger partial charge is 0.493 e. The van der Waals surface area contributed by atoms with Crippen molar-refractivity contribution in [2.45, 2.75) is 6.61 Å². The Labute approximate surface area is 212 Å². The lowest BCUT2D eigenvalue weighted by Gasteiger charge is -2.28. The number of carbonyl (C=O) groups is 1. The number of benzene rings is 3. The second kappa shape index (κ2) is 11.3. The molecular formula is C26H25IN2O5. The number of halogens is 1. The minimum absolute atomic E-state index is 0.246. The third kappa shape index (κ3) is 6.06. The summed E-state index contributed by atoms with van der Waals surface area (Å²) in [5.74, 6) is 0.296. The molecule has 7 nitrogen and oxygen atoms in total. The molecule has 176 valence electrons. The highest BCUT2D eigenvalue weighted by Gasteiger charge is 2.13. The van der Waals surface area contributed by atoms with Crippen LogP contribution in [0.25, 0.3) is 0 Å². The molecule has 3 aromatic rings. The van der Waals surface area contributed by atoms with E-state index in [1.165, 1.54) is 5.69 Å². The number of hydrogen-bond donors (Lipinski definition) is 1. The van der Waals surface area contributed by atoms with E-state index < -0.39 is 5.97 Å². The first-order valence-electron chi connectivity index (χ1n) is 10.8. The van der Waals surface area contributed by atoms with Crippen LogP contribution in [0.5, 0.6) is 11.5 Å². The summed E-state index contributed by atoms with van der Waals surface area (Å²) in [7, 11) is 1.60. The van der Waals surface area contributed by atoms with Crippen LogP contribution in [0, 0.1) is 3.57 Å². The van der Waals surface area contributed by atoms with Crippen LogP contribution < -0.4 is 14.4 Å². The molecule has 1 aliphatic rings. The van der Waals surface area contributed by atoms with Gasteiger partial charge in [-0.05, 0) is 82.2 Å². The van der Waals surface area contributed by atoms with E-state index >= 15 is 0 Å². The molecule has 1 heterocycles. The molecule has 4 rings (SSSR count). The van der Waals surface area contributed by atoms with Gasteiger partial charge in [-0.25, -0.2) is 4.79 Å². The van der Waals surface area contributed by atoms with Gasteiger partial charge in [0.1, 0.15) is 6.61 Å². The van der Waals surface area contributed by atoms with Gasteiger partial charge in [0.2, 0.25) is 0 Å². The van der Waals surface area contributed by atoms with Crippen molar-refractivity contribution < 1.29 is 24.1 Å². The van der Waals surface area contributed by atoms with E-state index in [1.807, 2.05) is 30.5 Å². The van der Waals surface area contributed by atoms with E-state index in [1.54, 1.807) is 31.4 Å². The molecule has 34 heavy (non-hydrogen) atoms. The first kappa shape index (κ1) is 24.0. The van der Waals surface area contributed by atoms with Gasteiger partial charge in [0.15, 0.2) is 11.5 Å². The smallest absolute Gasteiger partial charge is 0.335 e. The molecule has 0 saturated carbocycles. The maximum atomic E-state index is 11.0. The Bertz CT molecular complexity index is 1160. The van der Waals surface area contributed by atoms with Gasteiger partial charge in [0.25, 0.3) is 0 Å². The molecule has 1 aliphatic heterocycles. The monoisotopic (exact) mass is 572 g/mol. The zero-order chi connectivity index (χ0) is 23.9. The van der Waals surface area contributed by atoms with Crippen molar-refractivity contribution in [1.29, 1.82) is 0 Å². The summed E-state index contributed by atoms with van der Waals surface area (Å²) in [5, 5.41) is 9.03. The number of morpholine rings is 1. The Morgan fingerprint density at radius 1 is 1.12 bits per heavy atom. The summed E-state index contributed by atoms with van der Waals surface area (Å²) >= 11 is 2.21. The van der Waals surface area contributed by atoms with Gasteiger partial charge in [-0.3, -0.25) is 4.99 Å². The lowest BCUT2D eigenvalue weighted by atomic mass is 10.1. The minimum atomic E-state index is -0.950. The van der Waals surface area contributed by atoms with Gasteiger partial charge in [-0.1, -0.05) is 12.1 Å². The number of aliphatic imine (C=N–C) groups is 1. The standard InChI is InChI=1S/C26H25IN2O5/c1-32-24-15-19(16-28-21-6-8-22(9-7-21)29-10-12-33-13-11-29)14-23(27)25(24)34-17-18-2-4-20(5-3-18)26(30)31/h2-9,14-16H,10-13,17H2,1H3,(H,30,31). The van der Waals surface area contributed by atoms with Crippen LogP contribution in [0.1, 0.15) is 21.5 Å². The lowest BCUT2D eigenvalue weighted by molar-refractivity contribution is 0.0697. The van der Waals surface area contributed by atoms with Crippen LogP contribution in [0.2, 0.25) is 0 Å². The number of carboxylic acids is 1. The number of anilines is 1. The summed E-state index contributed by atoms with van der Waals surface area (Å²) in [6, 6.07) is 18.7. The highest BCUT2D eigenvalue weighted by Crippen LogP contribution is 2.34. The zero-order valence-corrected chi connectivity index (χ0v) is 20.9. The Morgan fingerprint density at radius 2 is 1.82 bits per heavy atom. The van der Waals surface area contributed by atoms with Crippen molar-refractivity contribution in [3.05, 3.63) is 80.9 Å². The first-order chi connectivity index (χ1) is 16.5. The van der Waals surface area contributed by atoms with Crippen LogP contribution in [-0.4, -0.2) is 50.7 Å². The molecule has 8 heteroatoms. The molecule has 0 bridgehead atoms. The number of ether oxygens (including phenoxy) is 3. The predicted molar refractivity (Wildman–Crippen MR) is 140 cm³/mol. The fourth-order valence-corrected chi connectivity index (χ4v) is 4.35. The van der Waals surface area contributed by atoms with Crippen molar-refractivity contribution in [2.75, 3.05) is 38.3 Å². The average Bonchev–Trinajstić information content (AvgIpc) is 2.87. The lowest BCUT2D eigenvalue weighted by Crippen LogP contribution is -2.36. The summed E-state index contributed by atoms with van der Waals surface area (Å²) < 4.78 is 17.9. The van der Waals surface area contributed by atoms with E-state index in [0.717, 1.165) is 46.7 Å². The third-order valence-electron chi connectivity index (χ3n) is 5.42. The zero-order valence-electron chi connectivity index (χ0n) is 18.7. The quantitative estimate of drug-likeness (QED) is 0.297. The molecule has 1 fully saturated rings. The predicted octanol–water partition coefficient (Wildman–Crippen LogP) is 5.16. The summed E-state index contributed by atoms with van der Waals surface area (Å²) in [4.78, 5) is 17.9. The number of methoxy groups -OCH3 is 1. The van der Waals surface area contributed by atoms with Gasteiger partial charge in [-0.2, -0.15) is 0 Å². The third-order valence-corrected chi connectivity index (χ3v) is 6.23. The number of aromatic carboxylic acids is 1. The van der Waals surface area contributed by atoms with Crippen molar-refractivity contribution >= 4 is 46.1 Å². The van der Waals surface area contributed by atoms with E-state index in [0.29, 0.717) is 18.1 Å². The number of hydrogen-bond acceptors (Lipinski definition) is 6. The summed E-state index contributed by atoms with van der Waals surface area (Å²) in [6.07, 6.45) is 1.81. The second-order valence-electron chi connectivity index (χ2n) is 7.70. The second-order valence-corrected chi connectivity index (χ2v) is 8.86. The van der Waals surface area contributed by atoms with Gasteiger partial charge in [0.05, 0.1) is 35.1 Å². The Morgan fingerprint density at radius 3 is 2.47 bits per heavy atom. The minimum Gasteiger partial charge on any atom is -0.493 e. The molecular weight excluding hydrogens is 547 g/mol. The molecule has 0 aromatic heterocycles. The van der Waals surface area contributed by atoms with E-state index in [4.69, 9.17) is 19.3 Å². The molecule has 0 radical (unpaired) electrons. The highest BCUT2D eigenvalue weighted by molar-refractivity contribution is 14.1. The molecule has 0 amide bonds. The molecule has 1 N–H and O–H groups in total. The molecule has 1 saturated heterocycles. The Balaban J connectivity index is 1.43. The van der Waals surface area contributed by atoms with Crippen LogP contribution in [0.15, 0.2) is 65.7 Å². The Hall–Kier alpha value is -3.11. The first-order valence-corrected chi connectivity index (χ1v) is 11.9. The molecule has 0 aliphatic carbocycles. The van der Waals surface area contributed by atoms with Gasteiger partial charge in [0, 0.05) is 25.0 Å².